The van der Waals surface area contributed by atoms with Crippen molar-refractivity contribution in [1.29, 1.82) is 0 Å². The standard InChI is InChI=1S/C26H37Br/c1-23(2)16-26(13-9-6-10-14-26)21-18(23)15-19-20(22(21)27)24(3,4)17-25(19)11-7-5-8-12-25/h15H,5-14,16-17H2,1-4H3. The first-order chi connectivity index (χ1) is 12.7. The smallest absolute Gasteiger partial charge is 0.0256 e. The summed E-state index contributed by atoms with van der Waals surface area (Å²) in [5.41, 5.74) is 8.45. The van der Waals surface area contributed by atoms with Crippen molar-refractivity contribution in [2.45, 2.75) is 126 Å². The van der Waals surface area contributed by atoms with E-state index in [2.05, 4.69) is 49.7 Å². The van der Waals surface area contributed by atoms with Crippen LogP contribution in [0.4, 0.5) is 0 Å². The van der Waals surface area contributed by atoms with Gasteiger partial charge in [0.05, 0.1) is 0 Å². The zero-order valence-electron chi connectivity index (χ0n) is 17.9. The Labute approximate surface area is 175 Å². The lowest BCUT2D eigenvalue weighted by atomic mass is 9.68. The molecule has 2 fully saturated rings. The molecular weight excluding hydrogens is 392 g/mol. The summed E-state index contributed by atoms with van der Waals surface area (Å²) in [6.45, 7) is 10.1. The monoisotopic (exact) mass is 428 g/mol. The highest BCUT2D eigenvalue weighted by atomic mass is 79.9. The second kappa shape index (κ2) is 5.87. The molecule has 0 heterocycles. The van der Waals surface area contributed by atoms with Crippen LogP contribution in [0, 0.1) is 0 Å². The number of hydrogen-bond donors (Lipinski definition) is 0. The van der Waals surface area contributed by atoms with E-state index in [1.165, 1.54) is 81.5 Å². The van der Waals surface area contributed by atoms with Crippen LogP contribution >= 0.6 is 15.9 Å². The summed E-state index contributed by atoms with van der Waals surface area (Å²) in [7, 11) is 0. The minimum absolute atomic E-state index is 0.309. The lowest BCUT2D eigenvalue weighted by Crippen LogP contribution is -2.29. The Balaban J connectivity index is 1.77. The van der Waals surface area contributed by atoms with Crippen LogP contribution in [0.25, 0.3) is 0 Å². The fourth-order valence-corrected chi connectivity index (χ4v) is 9.56. The van der Waals surface area contributed by atoms with Gasteiger partial charge in [-0.3, -0.25) is 0 Å². The first-order valence-electron chi connectivity index (χ1n) is 11.6. The summed E-state index contributed by atoms with van der Waals surface area (Å²) in [5, 5.41) is 0. The largest absolute Gasteiger partial charge is 0.0558 e. The summed E-state index contributed by atoms with van der Waals surface area (Å²) in [4.78, 5) is 0. The molecule has 0 radical (unpaired) electrons. The van der Waals surface area contributed by atoms with Gasteiger partial charge in [-0.15, -0.1) is 0 Å². The molecule has 1 aromatic rings. The molecule has 1 heteroatoms. The molecule has 4 aliphatic rings. The summed E-state index contributed by atoms with van der Waals surface area (Å²) >= 11 is 4.27. The highest BCUT2D eigenvalue weighted by Gasteiger charge is 2.55. The van der Waals surface area contributed by atoms with Gasteiger partial charge < -0.3 is 0 Å². The highest BCUT2D eigenvalue weighted by molar-refractivity contribution is 9.10. The molecule has 0 atom stereocenters. The molecule has 2 spiro atoms. The lowest BCUT2D eigenvalue weighted by Gasteiger charge is -2.37. The predicted molar refractivity (Wildman–Crippen MR) is 119 cm³/mol. The molecule has 0 bridgehead atoms. The molecule has 0 amide bonds. The van der Waals surface area contributed by atoms with Gasteiger partial charge in [0.1, 0.15) is 0 Å². The number of rotatable bonds is 0. The fourth-order valence-electron chi connectivity index (χ4n) is 8.17. The SMILES string of the molecule is CC1(C)CC2(CCCCC2)c2c1cc1c(c2Br)C(C)(C)CC12CCCCC2. The van der Waals surface area contributed by atoms with Gasteiger partial charge in [-0.2, -0.15) is 0 Å². The summed E-state index contributed by atoms with van der Waals surface area (Å²) in [6, 6.07) is 2.75. The minimum atomic E-state index is 0.309. The van der Waals surface area contributed by atoms with E-state index < -0.39 is 0 Å². The molecular formula is C26H37Br. The van der Waals surface area contributed by atoms with Crippen molar-refractivity contribution in [3.63, 3.8) is 0 Å². The molecule has 148 valence electrons. The van der Waals surface area contributed by atoms with Crippen LogP contribution in [0.3, 0.4) is 0 Å². The third-order valence-electron chi connectivity index (χ3n) is 8.96. The molecule has 5 rings (SSSR count). The molecule has 2 saturated carbocycles. The Bertz CT molecular complexity index is 770. The van der Waals surface area contributed by atoms with Gasteiger partial charge in [0.2, 0.25) is 0 Å². The van der Waals surface area contributed by atoms with E-state index in [1.807, 2.05) is 0 Å². The Morgan fingerprint density at radius 3 is 1.74 bits per heavy atom. The Morgan fingerprint density at radius 1 is 0.630 bits per heavy atom. The Hall–Kier alpha value is -0.300. The maximum absolute atomic E-state index is 4.27. The molecule has 0 saturated heterocycles. The van der Waals surface area contributed by atoms with Crippen LogP contribution in [0.2, 0.25) is 0 Å². The van der Waals surface area contributed by atoms with Crippen molar-refractivity contribution in [1.82, 2.24) is 0 Å². The van der Waals surface area contributed by atoms with Gasteiger partial charge in [0.15, 0.2) is 0 Å². The van der Waals surface area contributed by atoms with Crippen LogP contribution in [0.15, 0.2) is 10.5 Å². The second-order valence-electron chi connectivity index (χ2n) is 11.8. The third-order valence-corrected chi connectivity index (χ3v) is 9.75. The fraction of sp³-hybridized carbons (Fsp3) is 0.769. The van der Waals surface area contributed by atoms with Gasteiger partial charge in [-0.1, -0.05) is 88.2 Å². The summed E-state index contributed by atoms with van der Waals surface area (Å²) < 4.78 is 1.54. The number of benzene rings is 1. The lowest BCUT2D eigenvalue weighted by molar-refractivity contribution is 0.253. The minimum Gasteiger partial charge on any atom is -0.0558 e. The van der Waals surface area contributed by atoms with Gasteiger partial charge in [-0.05, 0) is 82.4 Å². The van der Waals surface area contributed by atoms with Crippen LogP contribution in [-0.4, -0.2) is 0 Å². The third kappa shape index (κ3) is 2.52. The van der Waals surface area contributed by atoms with E-state index in [1.54, 1.807) is 22.3 Å². The molecule has 4 aliphatic carbocycles. The highest BCUT2D eigenvalue weighted by Crippen LogP contribution is 2.64. The van der Waals surface area contributed by atoms with E-state index in [-0.39, 0.29) is 0 Å². The molecule has 0 aromatic heterocycles. The van der Waals surface area contributed by atoms with Crippen molar-refractivity contribution in [2.24, 2.45) is 0 Å². The van der Waals surface area contributed by atoms with E-state index in [0.29, 0.717) is 21.7 Å². The summed E-state index contributed by atoms with van der Waals surface area (Å²) in [5.74, 6) is 0. The van der Waals surface area contributed by atoms with Gasteiger partial charge in [0, 0.05) is 4.47 Å². The van der Waals surface area contributed by atoms with Crippen LogP contribution in [-0.2, 0) is 21.7 Å². The quantitative estimate of drug-likeness (QED) is 0.390. The Kier molecular flexibility index (Phi) is 4.07. The van der Waals surface area contributed by atoms with E-state index in [9.17, 15) is 0 Å². The topological polar surface area (TPSA) is 0 Å². The van der Waals surface area contributed by atoms with Crippen molar-refractivity contribution in [3.8, 4) is 0 Å². The number of hydrogen-bond acceptors (Lipinski definition) is 0. The normalized spacial score (nSPS) is 29.1. The zero-order chi connectivity index (χ0) is 19.1. The van der Waals surface area contributed by atoms with E-state index >= 15 is 0 Å². The average molecular weight is 429 g/mol. The Morgan fingerprint density at radius 2 is 1.15 bits per heavy atom. The summed E-state index contributed by atoms with van der Waals surface area (Å²) in [6.07, 6.45) is 17.0. The van der Waals surface area contributed by atoms with Crippen LogP contribution < -0.4 is 0 Å². The zero-order valence-corrected chi connectivity index (χ0v) is 19.5. The van der Waals surface area contributed by atoms with E-state index in [0.717, 1.165) is 0 Å². The molecule has 0 nitrogen and oxygen atoms in total. The van der Waals surface area contributed by atoms with Crippen molar-refractivity contribution in [3.05, 3.63) is 32.8 Å². The van der Waals surface area contributed by atoms with Gasteiger partial charge in [-0.25, -0.2) is 0 Å². The molecule has 0 unspecified atom stereocenters. The number of fused-ring (bicyclic) bond motifs is 4. The van der Waals surface area contributed by atoms with Crippen molar-refractivity contribution in [2.75, 3.05) is 0 Å². The predicted octanol–water partition coefficient (Wildman–Crippen LogP) is 8.22. The average Bonchev–Trinajstić information content (AvgIpc) is 2.95. The van der Waals surface area contributed by atoms with Gasteiger partial charge >= 0.3 is 0 Å². The first kappa shape index (κ1) is 18.7. The number of halogens is 1. The molecule has 1 aromatic carbocycles. The first-order valence-corrected chi connectivity index (χ1v) is 12.4. The molecule has 0 N–H and O–H groups in total. The molecule has 27 heavy (non-hydrogen) atoms. The van der Waals surface area contributed by atoms with Crippen molar-refractivity contribution < 1.29 is 0 Å². The maximum Gasteiger partial charge on any atom is 0.0256 e. The van der Waals surface area contributed by atoms with Crippen molar-refractivity contribution >= 4 is 15.9 Å². The second-order valence-corrected chi connectivity index (χ2v) is 12.6. The van der Waals surface area contributed by atoms with Crippen LogP contribution in [0.1, 0.15) is 127 Å². The maximum atomic E-state index is 4.27. The van der Waals surface area contributed by atoms with Gasteiger partial charge in [0.25, 0.3) is 0 Å². The van der Waals surface area contributed by atoms with Crippen LogP contribution in [0.5, 0.6) is 0 Å². The molecule has 0 aliphatic heterocycles. The van der Waals surface area contributed by atoms with E-state index in [4.69, 9.17) is 0 Å².